The Morgan fingerprint density at radius 1 is 0.714 bits per heavy atom. The molecular weight excluding hydrogens is 670 g/mol. The number of nitrogens with zero attached hydrogens (tertiary/aromatic N) is 4. The van der Waals surface area contributed by atoms with Gasteiger partial charge in [0.1, 0.15) is 34.4 Å². The summed E-state index contributed by atoms with van der Waals surface area (Å²) < 4.78 is 85.3. The van der Waals surface area contributed by atoms with Crippen molar-refractivity contribution in [1.29, 1.82) is 0 Å². The fourth-order valence-electron chi connectivity index (χ4n) is 3.61. The zero-order valence-corrected chi connectivity index (χ0v) is 25.1. The topological polar surface area (TPSA) is 214 Å². The van der Waals surface area contributed by atoms with Gasteiger partial charge < -0.3 is 31.6 Å². The lowest BCUT2D eigenvalue weighted by Gasteiger charge is -2.11. The number of carbonyl (C=O) groups excluding carboxylic acids is 4. The molecule has 0 saturated carbocycles. The van der Waals surface area contributed by atoms with Crippen molar-refractivity contribution in [2.75, 3.05) is 35.8 Å². The highest BCUT2D eigenvalue weighted by Crippen LogP contribution is 2.29. The van der Waals surface area contributed by atoms with Crippen molar-refractivity contribution < 1.29 is 55.0 Å². The molecule has 4 aromatic heterocycles. The molecule has 258 valence electrons. The number of ether oxygens (including phenoxy) is 2. The molecule has 2 amide bonds. The molecule has 20 heteroatoms. The minimum atomic E-state index is -4.69. The first-order valence-electron chi connectivity index (χ1n) is 13.4. The van der Waals surface area contributed by atoms with Gasteiger partial charge in [-0.2, -0.15) is 26.3 Å². The number of alkyl halides is 6. The fraction of sp³-hybridized carbons (Fsp3) is 0.172. The molecule has 4 rings (SSSR count). The van der Waals surface area contributed by atoms with Gasteiger partial charge in [0.2, 0.25) is 0 Å². The molecule has 6 N–H and O–H groups in total. The van der Waals surface area contributed by atoms with Crippen molar-refractivity contribution in [3.8, 4) is 0 Å². The average molecular weight is 695 g/mol. The quantitative estimate of drug-likeness (QED) is 0.154. The van der Waals surface area contributed by atoms with Crippen LogP contribution in [-0.2, 0) is 21.8 Å². The third-order valence-corrected chi connectivity index (χ3v) is 5.79. The van der Waals surface area contributed by atoms with Crippen molar-refractivity contribution in [3.05, 3.63) is 94.8 Å². The molecular formula is C29H24F6N8O6. The van der Waals surface area contributed by atoms with E-state index in [1.165, 1.54) is 12.1 Å². The summed E-state index contributed by atoms with van der Waals surface area (Å²) in [4.78, 5) is 61.8. The lowest BCUT2D eigenvalue weighted by Crippen LogP contribution is -2.19. The number of carbonyl (C=O) groups is 4. The van der Waals surface area contributed by atoms with Gasteiger partial charge in [-0.15, -0.1) is 0 Å². The maximum Gasteiger partial charge on any atom is 0.433 e. The summed E-state index contributed by atoms with van der Waals surface area (Å²) in [6, 6.07) is 8.15. The smallest absolute Gasteiger partial charge is 0.433 e. The first-order valence-corrected chi connectivity index (χ1v) is 13.4. The van der Waals surface area contributed by atoms with Crippen LogP contribution >= 0.6 is 0 Å². The molecule has 4 aromatic rings. The van der Waals surface area contributed by atoms with E-state index in [1.54, 1.807) is 6.92 Å². The molecule has 0 aliphatic carbocycles. The summed E-state index contributed by atoms with van der Waals surface area (Å²) in [6.45, 7) is 1.68. The average Bonchev–Trinajstić information content (AvgIpc) is 3.05. The van der Waals surface area contributed by atoms with Gasteiger partial charge in [0, 0.05) is 0 Å². The number of aromatic nitrogens is 4. The predicted octanol–water partition coefficient (Wildman–Crippen LogP) is 4.62. The molecule has 0 aromatic carbocycles. The number of hydrogen-bond acceptors (Lipinski definition) is 12. The van der Waals surface area contributed by atoms with Crippen LogP contribution in [0.5, 0.6) is 0 Å². The van der Waals surface area contributed by atoms with Gasteiger partial charge in [0.25, 0.3) is 11.8 Å². The van der Waals surface area contributed by atoms with E-state index in [1.807, 2.05) is 0 Å². The largest absolute Gasteiger partial charge is 0.465 e. The first-order chi connectivity index (χ1) is 22.9. The molecule has 0 aliphatic rings. The lowest BCUT2D eigenvalue weighted by atomic mass is 10.2. The molecule has 0 fully saturated rings. The molecule has 0 atom stereocenters. The minimum Gasteiger partial charge on any atom is -0.465 e. The van der Waals surface area contributed by atoms with Gasteiger partial charge in [-0.05, 0) is 43.3 Å². The van der Waals surface area contributed by atoms with Gasteiger partial charge in [0.05, 0.1) is 48.6 Å². The van der Waals surface area contributed by atoms with E-state index in [2.05, 4.69) is 35.3 Å². The molecule has 4 heterocycles. The van der Waals surface area contributed by atoms with Crippen LogP contribution in [0.15, 0.2) is 60.9 Å². The Morgan fingerprint density at radius 2 is 1.12 bits per heavy atom. The van der Waals surface area contributed by atoms with E-state index in [0.29, 0.717) is 0 Å². The summed E-state index contributed by atoms with van der Waals surface area (Å²) in [7, 11) is 1.12. The zero-order chi connectivity index (χ0) is 36.5. The van der Waals surface area contributed by atoms with Crippen LogP contribution in [0.3, 0.4) is 0 Å². The molecule has 14 nitrogen and oxygen atoms in total. The van der Waals surface area contributed by atoms with E-state index < -0.39 is 58.9 Å². The molecule has 0 radical (unpaired) electrons. The second-order valence-corrected chi connectivity index (χ2v) is 9.24. The van der Waals surface area contributed by atoms with E-state index >= 15 is 0 Å². The number of rotatable bonds is 7. The Kier molecular flexibility index (Phi) is 11.7. The molecule has 49 heavy (non-hydrogen) atoms. The van der Waals surface area contributed by atoms with E-state index in [-0.39, 0.29) is 40.7 Å². The SMILES string of the molecule is CCOC(=O)c1cc(N)ncc1NC(=O)c1cccc(C(F)(F)F)n1.COC(=O)c1cc(N)ncc1NC(=O)c1cccc(C(F)(F)F)n1. The van der Waals surface area contributed by atoms with Gasteiger partial charge in [-0.25, -0.2) is 29.5 Å². The Labute approximate surface area is 271 Å². The van der Waals surface area contributed by atoms with E-state index in [9.17, 15) is 45.5 Å². The summed E-state index contributed by atoms with van der Waals surface area (Å²) in [6.07, 6.45) is -7.18. The lowest BCUT2D eigenvalue weighted by molar-refractivity contribution is -0.142. The Hall–Kier alpha value is -6.34. The fourth-order valence-corrected chi connectivity index (χ4v) is 3.61. The van der Waals surface area contributed by atoms with Crippen molar-refractivity contribution in [2.45, 2.75) is 19.3 Å². The minimum absolute atomic E-state index is 0.00518. The molecule has 0 aliphatic heterocycles. The predicted molar refractivity (Wildman–Crippen MR) is 159 cm³/mol. The summed E-state index contributed by atoms with van der Waals surface area (Å²) in [5.41, 5.74) is 7.31. The Morgan fingerprint density at radius 3 is 1.49 bits per heavy atom. The zero-order valence-electron chi connectivity index (χ0n) is 25.1. The van der Waals surface area contributed by atoms with Crippen LogP contribution in [0.25, 0.3) is 0 Å². The maximum atomic E-state index is 12.7. The summed E-state index contributed by atoms with van der Waals surface area (Å²) in [5, 5.41) is 4.54. The van der Waals surface area contributed by atoms with E-state index in [4.69, 9.17) is 16.2 Å². The monoisotopic (exact) mass is 694 g/mol. The number of amides is 2. The van der Waals surface area contributed by atoms with E-state index in [0.717, 1.165) is 55.9 Å². The van der Waals surface area contributed by atoms with Crippen LogP contribution < -0.4 is 22.1 Å². The third-order valence-electron chi connectivity index (χ3n) is 5.79. The van der Waals surface area contributed by atoms with Crippen molar-refractivity contribution in [3.63, 3.8) is 0 Å². The number of nitrogens with one attached hydrogen (secondary N) is 2. The van der Waals surface area contributed by atoms with Crippen molar-refractivity contribution in [2.24, 2.45) is 0 Å². The standard InChI is InChI=1S/C15H13F3N4O3.C14H11F3N4O3/c1-2-25-14(24)8-6-12(19)20-7-10(8)22-13(23)9-4-3-5-11(21-9)15(16,17)18;1-24-13(23)7-5-11(18)19-6-9(7)21-12(22)8-3-2-4-10(20-8)14(15,16)17/h3-7H,2H2,1H3,(H2,19,20)(H,22,23);2-6H,1H3,(H2,18,19)(H,21,22). The molecule has 0 bridgehead atoms. The highest BCUT2D eigenvalue weighted by atomic mass is 19.4. The highest BCUT2D eigenvalue weighted by Gasteiger charge is 2.34. The number of methoxy groups -OCH3 is 1. The van der Waals surface area contributed by atoms with Crippen molar-refractivity contribution in [1.82, 2.24) is 19.9 Å². The van der Waals surface area contributed by atoms with Gasteiger partial charge in [0.15, 0.2) is 0 Å². The van der Waals surface area contributed by atoms with Gasteiger partial charge in [-0.1, -0.05) is 12.1 Å². The number of halogens is 6. The van der Waals surface area contributed by atoms with Crippen LogP contribution in [-0.4, -0.2) is 57.4 Å². The number of hydrogen-bond donors (Lipinski definition) is 4. The Bertz CT molecular complexity index is 1870. The summed E-state index contributed by atoms with van der Waals surface area (Å²) >= 11 is 0. The summed E-state index contributed by atoms with van der Waals surface area (Å²) in [5.74, 6) is -3.43. The van der Waals surface area contributed by atoms with Crippen molar-refractivity contribution >= 4 is 46.8 Å². The number of anilines is 4. The van der Waals surface area contributed by atoms with Gasteiger partial charge in [-0.3, -0.25) is 9.59 Å². The number of esters is 2. The Balaban J connectivity index is 0.000000266. The first kappa shape index (κ1) is 37.1. The molecule has 0 spiro atoms. The van der Waals surface area contributed by atoms with Crippen LogP contribution in [0.2, 0.25) is 0 Å². The second-order valence-electron chi connectivity index (χ2n) is 9.24. The van der Waals surface area contributed by atoms with Gasteiger partial charge >= 0.3 is 24.3 Å². The van der Waals surface area contributed by atoms with Crippen LogP contribution in [0.1, 0.15) is 60.0 Å². The maximum absolute atomic E-state index is 12.7. The number of nitrogens with two attached hydrogens (primary N) is 2. The van der Waals surface area contributed by atoms with Crippen LogP contribution in [0.4, 0.5) is 49.4 Å². The highest BCUT2D eigenvalue weighted by molar-refractivity contribution is 6.08. The molecule has 0 unspecified atom stereocenters. The second kappa shape index (κ2) is 15.5. The normalized spacial score (nSPS) is 11.0. The van der Waals surface area contributed by atoms with Crippen LogP contribution in [0, 0.1) is 0 Å². The third kappa shape index (κ3) is 10.1. The number of pyridine rings is 4. The molecule has 0 saturated heterocycles. The number of nitrogen functional groups attached to an aromatic ring is 2.